The Bertz CT molecular complexity index is 2440. The number of aromatic nitrogens is 5. The van der Waals surface area contributed by atoms with Gasteiger partial charge in [-0.1, -0.05) is 115 Å². The molecule has 0 amide bonds. The van der Waals surface area contributed by atoms with Crippen molar-refractivity contribution in [2.24, 2.45) is 0 Å². The van der Waals surface area contributed by atoms with E-state index in [4.69, 9.17) is 19.9 Å². The molecule has 44 heavy (non-hydrogen) atoms. The SMILES string of the molecule is c1ccc(-c2nc(-c3ccccc3)nc(-c3cccc(-n4c5ccccc5c5ccc6c7ccccc7sc6c54)n3)n2)cc1. The van der Waals surface area contributed by atoms with E-state index in [0.29, 0.717) is 23.2 Å². The van der Waals surface area contributed by atoms with E-state index in [1.165, 1.54) is 36.5 Å². The van der Waals surface area contributed by atoms with Crippen molar-refractivity contribution in [2.45, 2.75) is 0 Å². The third-order valence-corrected chi connectivity index (χ3v) is 9.26. The summed E-state index contributed by atoms with van der Waals surface area (Å²) in [6.45, 7) is 0. The fourth-order valence-electron chi connectivity index (χ4n) is 6.06. The lowest BCUT2D eigenvalue weighted by atomic mass is 10.1. The summed E-state index contributed by atoms with van der Waals surface area (Å²) in [5, 5.41) is 4.95. The zero-order chi connectivity index (χ0) is 29.0. The molecule has 0 radical (unpaired) electrons. The molecule has 0 saturated carbocycles. The summed E-state index contributed by atoms with van der Waals surface area (Å²) in [6.07, 6.45) is 0. The summed E-state index contributed by atoms with van der Waals surface area (Å²) in [7, 11) is 0. The number of fused-ring (bicyclic) bond motifs is 7. The van der Waals surface area contributed by atoms with Crippen LogP contribution >= 0.6 is 11.3 Å². The maximum absolute atomic E-state index is 5.23. The second-order valence-electron chi connectivity index (χ2n) is 10.7. The Morgan fingerprint density at radius 3 is 1.80 bits per heavy atom. The quantitative estimate of drug-likeness (QED) is 0.208. The lowest BCUT2D eigenvalue weighted by Gasteiger charge is -2.11. The van der Waals surface area contributed by atoms with Crippen LogP contribution in [0, 0.1) is 0 Å². The average Bonchev–Trinajstić information content (AvgIpc) is 3.65. The lowest BCUT2D eigenvalue weighted by molar-refractivity contribution is 1.03. The van der Waals surface area contributed by atoms with Crippen molar-refractivity contribution < 1.29 is 0 Å². The van der Waals surface area contributed by atoms with Crippen LogP contribution < -0.4 is 0 Å². The van der Waals surface area contributed by atoms with Crippen LogP contribution in [0.2, 0.25) is 0 Å². The predicted octanol–water partition coefficient (Wildman–Crippen LogP) is 9.73. The van der Waals surface area contributed by atoms with E-state index in [9.17, 15) is 0 Å². The van der Waals surface area contributed by atoms with Crippen molar-refractivity contribution in [3.8, 4) is 40.1 Å². The molecule has 0 aliphatic rings. The van der Waals surface area contributed by atoms with Gasteiger partial charge in [-0.25, -0.2) is 19.9 Å². The molecule has 0 unspecified atom stereocenters. The van der Waals surface area contributed by atoms with Gasteiger partial charge in [0.05, 0.1) is 15.7 Å². The average molecular weight is 582 g/mol. The summed E-state index contributed by atoms with van der Waals surface area (Å²) in [4.78, 5) is 20.0. The molecule has 0 bridgehead atoms. The van der Waals surface area contributed by atoms with Gasteiger partial charge in [-0.15, -0.1) is 11.3 Å². The van der Waals surface area contributed by atoms with Crippen molar-refractivity contribution in [2.75, 3.05) is 0 Å². The lowest BCUT2D eigenvalue weighted by Crippen LogP contribution is -2.03. The van der Waals surface area contributed by atoms with Gasteiger partial charge < -0.3 is 0 Å². The molecular weight excluding hydrogens is 559 g/mol. The highest BCUT2D eigenvalue weighted by molar-refractivity contribution is 7.26. The van der Waals surface area contributed by atoms with Gasteiger partial charge in [0.1, 0.15) is 11.5 Å². The van der Waals surface area contributed by atoms with E-state index >= 15 is 0 Å². The number of rotatable bonds is 4. The van der Waals surface area contributed by atoms with Crippen molar-refractivity contribution in [1.29, 1.82) is 0 Å². The number of pyridine rings is 1. The molecule has 0 spiro atoms. The first kappa shape index (κ1) is 24.8. The molecule has 9 aromatic rings. The maximum Gasteiger partial charge on any atom is 0.182 e. The first-order valence-electron chi connectivity index (χ1n) is 14.5. The molecule has 0 saturated heterocycles. The minimum Gasteiger partial charge on any atom is -0.292 e. The Morgan fingerprint density at radius 1 is 0.432 bits per heavy atom. The molecule has 5 aromatic carbocycles. The molecule has 0 aliphatic heterocycles. The Kier molecular flexibility index (Phi) is 5.61. The van der Waals surface area contributed by atoms with Gasteiger partial charge in [-0.2, -0.15) is 0 Å². The minimum absolute atomic E-state index is 0.535. The van der Waals surface area contributed by atoms with Gasteiger partial charge in [-0.05, 0) is 24.3 Å². The zero-order valence-corrected chi connectivity index (χ0v) is 24.2. The Morgan fingerprint density at radius 2 is 1.05 bits per heavy atom. The largest absolute Gasteiger partial charge is 0.292 e. The standard InChI is InChI=1S/C38H23N5S/c1-3-12-24(13-4-1)36-40-37(25-14-5-2-6-15-25)42-38(41-36)30-18-11-21-33(39-30)43-31-19-9-7-16-26(31)28-22-23-29-27-17-8-10-20-32(27)44-35(29)34(28)43/h1-23H. The highest BCUT2D eigenvalue weighted by Gasteiger charge is 2.19. The fourth-order valence-corrected chi connectivity index (χ4v) is 7.30. The van der Waals surface area contributed by atoms with Gasteiger partial charge in [0.25, 0.3) is 0 Å². The highest BCUT2D eigenvalue weighted by Crippen LogP contribution is 2.42. The maximum atomic E-state index is 5.23. The zero-order valence-electron chi connectivity index (χ0n) is 23.4. The summed E-state index contributed by atoms with van der Waals surface area (Å²) >= 11 is 1.83. The van der Waals surface area contributed by atoms with Gasteiger partial charge in [-0.3, -0.25) is 4.57 Å². The monoisotopic (exact) mass is 581 g/mol. The van der Waals surface area contributed by atoms with Crippen LogP contribution in [0.15, 0.2) is 140 Å². The molecule has 5 nitrogen and oxygen atoms in total. The molecule has 0 atom stereocenters. The third-order valence-electron chi connectivity index (χ3n) is 8.07. The molecule has 9 rings (SSSR count). The molecule has 206 valence electrons. The molecule has 0 aliphatic carbocycles. The fraction of sp³-hybridized carbons (Fsp3) is 0. The van der Waals surface area contributed by atoms with Crippen LogP contribution in [-0.4, -0.2) is 24.5 Å². The van der Waals surface area contributed by atoms with Crippen LogP contribution in [0.25, 0.3) is 82.1 Å². The van der Waals surface area contributed by atoms with E-state index in [2.05, 4.69) is 71.3 Å². The van der Waals surface area contributed by atoms with Crippen LogP contribution in [0.3, 0.4) is 0 Å². The first-order valence-corrected chi connectivity index (χ1v) is 15.3. The van der Waals surface area contributed by atoms with E-state index in [1.54, 1.807) is 0 Å². The number of hydrogen-bond donors (Lipinski definition) is 0. The smallest absolute Gasteiger partial charge is 0.182 e. The van der Waals surface area contributed by atoms with Gasteiger partial charge >= 0.3 is 0 Å². The molecule has 0 fully saturated rings. The number of hydrogen-bond acceptors (Lipinski definition) is 5. The third kappa shape index (κ3) is 3.92. The number of benzene rings is 5. The van der Waals surface area contributed by atoms with Crippen LogP contribution in [0.5, 0.6) is 0 Å². The molecule has 4 aromatic heterocycles. The van der Waals surface area contributed by atoms with Crippen LogP contribution in [-0.2, 0) is 0 Å². The van der Waals surface area contributed by atoms with E-state index in [-0.39, 0.29) is 0 Å². The summed E-state index contributed by atoms with van der Waals surface area (Å²) in [5.41, 5.74) is 4.83. The van der Waals surface area contributed by atoms with Crippen molar-refractivity contribution >= 4 is 53.3 Å². The Balaban J connectivity index is 1.30. The summed E-state index contributed by atoms with van der Waals surface area (Å²) in [5.74, 6) is 2.59. The normalized spacial score (nSPS) is 11.6. The van der Waals surface area contributed by atoms with Gasteiger partial charge in [0, 0.05) is 37.4 Å². The number of thiophene rings is 1. The molecule has 4 heterocycles. The first-order chi connectivity index (χ1) is 21.8. The second kappa shape index (κ2) is 9.93. The minimum atomic E-state index is 0.535. The summed E-state index contributed by atoms with van der Waals surface area (Å²) < 4.78 is 4.83. The molecule has 6 heteroatoms. The Hall–Kier alpha value is -5.72. The van der Waals surface area contributed by atoms with Crippen LogP contribution in [0.4, 0.5) is 0 Å². The number of nitrogens with zero attached hydrogens (tertiary/aromatic N) is 5. The van der Waals surface area contributed by atoms with Crippen LogP contribution in [0.1, 0.15) is 0 Å². The molecule has 0 N–H and O–H groups in total. The van der Waals surface area contributed by atoms with E-state index in [0.717, 1.165) is 22.5 Å². The molecular formula is C38H23N5S. The van der Waals surface area contributed by atoms with Crippen molar-refractivity contribution in [1.82, 2.24) is 24.5 Å². The predicted molar refractivity (Wildman–Crippen MR) is 181 cm³/mol. The van der Waals surface area contributed by atoms with Crippen molar-refractivity contribution in [3.05, 3.63) is 140 Å². The topological polar surface area (TPSA) is 56.5 Å². The second-order valence-corrected chi connectivity index (χ2v) is 11.8. The number of para-hydroxylation sites is 1. The van der Waals surface area contributed by atoms with E-state index < -0.39 is 0 Å². The van der Waals surface area contributed by atoms with Gasteiger partial charge in [0.15, 0.2) is 17.5 Å². The van der Waals surface area contributed by atoms with E-state index in [1.807, 2.05) is 84.1 Å². The van der Waals surface area contributed by atoms with Crippen molar-refractivity contribution in [3.63, 3.8) is 0 Å². The Labute approximate surface area is 256 Å². The van der Waals surface area contributed by atoms with Gasteiger partial charge in [0.2, 0.25) is 0 Å². The summed E-state index contributed by atoms with van der Waals surface area (Å²) in [6, 6.07) is 47.9. The highest BCUT2D eigenvalue weighted by atomic mass is 32.1.